The molecule has 0 aromatic carbocycles. The summed E-state index contributed by atoms with van der Waals surface area (Å²) in [5.74, 6) is 0.697. The molecule has 2 saturated heterocycles. The third-order valence-corrected chi connectivity index (χ3v) is 4.44. The van der Waals surface area contributed by atoms with Crippen LogP contribution in [0, 0.1) is 0 Å². The quantitative estimate of drug-likeness (QED) is 0.916. The largest absolute Gasteiger partial charge is 0.378 e. The van der Waals surface area contributed by atoms with Gasteiger partial charge in [0.15, 0.2) is 0 Å². The molecule has 1 N–H and O–H groups in total. The van der Waals surface area contributed by atoms with Crippen LogP contribution >= 0.6 is 0 Å². The summed E-state index contributed by atoms with van der Waals surface area (Å²) in [6.45, 7) is 2.59. The van der Waals surface area contributed by atoms with Crippen LogP contribution < -0.4 is 0 Å². The molecule has 1 aromatic heterocycles. The van der Waals surface area contributed by atoms with Crippen molar-refractivity contribution in [2.24, 2.45) is 0 Å². The second-order valence-electron chi connectivity index (χ2n) is 5.86. The van der Waals surface area contributed by atoms with Crippen molar-refractivity contribution in [1.29, 1.82) is 0 Å². The van der Waals surface area contributed by atoms with Crippen LogP contribution in [-0.2, 0) is 9.53 Å². The lowest BCUT2D eigenvalue weighted by Crippen LogP contribution is -2.39. The van der Waals surface area contributed by atoms with Crippen LogP contribution in [0.25, 0.3) is 0 Å². The maximum atomic E-state index is 12.3. The van der Waals surface area contributed by atoms with E-state index in [1.54, 1.807) is 6.20 Å². The Morgan fingerprint density at radius 1 is 1.45 bits per heavy atom. The van der Waals surface area contributed by atoms with Gasteiger partial charge in [-0.3, -0.25) is 9.89 Å². The Labute approximate surface area is 119 Å². The number of ether oxygens (including phenoxy) is 1. The summed E-state index contributed by atoms with van der Waals surface area (Å²) in [4.78, 5) is 14.3. The van der Waals surface area contributed by atoms with E-state index in [4.69, 9.17) is 4.74 Å². The van der Waals surface area contributed by atoms with Gasteiger partial charge in [0.25, 0.3) is 0 Å². The molecule has 3 heterocycles. The van der Waals surface area contributed by atoms with E-state index in [-0.39, 0.29) is 5.91 Å². The highest BCUT2D eigenvalue weighted by Gasteiger charge is 2.26. The lowest BCUT2D eigenvalue weighted by molar-refractivity contribution is -0.133. The molecule has 2 atom stereocenters. The maximum absolute atomic E-state index is 12.3. The van der Waals surface area contributed by atoms with Gasteiger partial charge >= 0.3 is 0 Å². The highest BCUT2D eigenvalue weighted by Crippen LogP contribution is 2.26. The van der Waals surface area contributed by atoms with Gasteiger partial charge in [0, 0.05) is 43.9 Å². The number of nitrogens with zero attached hydrogens (tertiary/aromatic N) is 2. The number of carbonyl (C=O) groups is 1. The van der Waals surface area contributed by atoms with Crippen molar-refractivity contribution in [3.05, 3.63) is 18.0 Å². The molecule has 1 amide bonds. The van der Waals surface area contributed by atoms with E-state index in [1.807, 2.05) is 11.0 Å². The molecular formula is C15H23N3O2. The Bertz CT molecular complexity index is 426. The number of nitrogens with one attached hydrogen (secondary N) is 1. The van der Waals surface area contributed by atoms with Crippen LogP contribution in [0.1, 0.15) is 50.1 Å². The molecule has 2 aliphatic rings. The number of carbonyl (C=O) groups excluding carboxylic acids is 1. The third-order valence-electron chi connectivity index (χ3n) is 4.44. The highest BCUT2D eigenvalue weighted by atomic mass is 16.5. The zero-order valence-corrected chi connectivity index (χ0v) is 11.9. The molecule has 2 fully saturated rings. The SMILES string of the molecule is O=C(CC[C@@H]1CCCO1)N1CCC[C@H](c2ccn[nH]2)C1. The highest BCUT2D eigenvalue weighted by molar-refractivity contribution is 5.76. The van der Waals surface area contributed by atoms with E-state index < -0.39 is 0 Å². The zero-order valence-electron chi connectivity index (χ0n) is 11.9. The fourth-order valence-corrected chi connectivity index (χ4v) is 3.27. The Hall–Kier alpha value is -1.36. The molecule has 5 heteroatoms. The van der Waals surface area contributed by atoms with Crippen LogP contribution in [0.5, 0.6) is 0 Å². The van der Waals surface area contributed by atoms with Crippen LogP contribution in [-0.4, -0.2) is 46.8 Å². The number of aromatic nitrogens is 2. The van der Waals surface area contributed by atoms with Crippen molar-refractivity contribution in [3.8, 4) is 0 Å². The van der Waals surface area contributed by atoms with E-state index in [2.05, 4.69) is 10.2 Å². The molecule has 1 aromatic rings. The molecule has 20 heavy (non-hydrogen) atoms. The Morgan fingerprint density at radius 3 is 3.15 bits per heavy atom. The second-order valence-corrected chi connectivity index (χ2v) is 5.86. The third kappa shape index (κ3) is 3.20. The van der Waals surface area contributed by atoms with Crippen molar-refractivity contribution in [1.82, 2.24) is 15.1 Å². The van der Waals surface area contributed by atoms with E-state index in [0.29, 0.717) is 18.4 Å². The van der Waals surface area contributed by atoms with Gasteiger partial charge in [0.1, 0.15) is 0 Å². The fraction of sp³-hybridized carbons (Fsp3) is 0.733. The number of piperidine rings is 1. The minimum atomic E-state index is 0.282. The van der Waals surface area contributed by atoms with Gasteiger partial charge in [-0.15, -0.1) is 0 Å². The van der Waals surface area contributed by atoms with Crippen LogP contribution in [0.15, 0.2) is 12.3 Å². The molecule has 0 unspecified atom stereocenters. The molecule has 0 saturated carbocycles. The van der Waals surface area contributed by atoms with Crippen LogP contribution in [0.4, 0.5) is 0 Å². The number of amides is 1. The first-order chi connectivity index (χ1) is 9.83. The second kappa shape index (κ2) is 6.39. The van der Waals surface area contributed by atoms with E-state index in [0.717, 1.165) is 57.5 Å². The standard InChI is InChI=1S/C15H23N3O2/c19-15(6-5-13-4-2-10-20-13)18-9-1-3-12(11-18)14-7-8-16-17-14/h7-8,12-13H,1-6,9-11H2,(H,16,17)/t12-,13-/m0/s1. The molecule has 0 spiro atoms. The van der Waals surface area contributed by atoms with E-state index in [9.17, 15) is 4.79 Å². The summed E-state index contributed by atoms with van der Waals surface area (Å²) in [5.41, 5.74) is 1.15. The lowest BCUT2D eigenvalue weighted by atomic mass is 9.94. The van der Waals surface area contributed by atoms with Crippen molar-refractivity contribution >= 4 is 5.91 Å². The van der Waals surface area contributed by atoms with Gasteiger partial charge in [-0.2, -0.15) is 5.10 Å². The summed E-state index contributed by atoms with van der Waals surface area (Å²) < 4.78 is 5.59. The number of hydrogen-bond donors (Lipinski definition) is 1. The molecular weight excluding hydrogens is 254 g/mol. The number of hydrogen-bond acceptors (Lipinski definition) is 3. The van der Waals surface area contributed by atoms with Gasteiger partial charge in [0.05, 0.1) is 6.10 Å². The molecule has 3 rings (SSSR count). The average molecular weight is 277 g/mol. The van der Waals surface area contributed by atoms with E-state index in [1.165, 1.54) is 0 Å². The van der Waals surface area contributed by atoms with Crippen molar-refractivity contribution in [3.63, 3.8) is 0 Å². The van der Waals surface area contributed by atoms with Crippen LogP contribution in [0.3, 0.4) is 0 Å². The molecule has 5 nitrogen and oxygen atoms in total. The molecule has 0 aliphatic carbocycles. The molecule has 0 radical (unpaired) electrons. The smallest absolute Gasteiger partial charge is 0.222 e. The summed E-state index contributed by atoms with van der Waals surface area (Å²) in [6.07, 6.45) is 8.08. The summed E-state index contributed by atoms with van der Waals surface area (Å²) >= 11 is 0. The lowest BCUT2D eigenvalue weighted by Gasteiger charge is -2.32. The number of likely N-dealkylation sites (tertiary alicyclic amines) is 1. The zero-order chi connectivity index (χ0) is 13.8. The Balaban J connectivity index is 1.49. The Kier molecular flexibility index (Phi) is 4.35. The monoisotopic (exact) mass is 277 g/mol. The Morgan fingerprint density at radius 2 is 2.40 bits per heavy atom. The van der Waals surface area contributed by atoms with Gasteiger partial charge in [-0.05, 0) is 38.2 Å². The molecule has 110 valence electrons. The minimum absolute atomic E-state index is 0.282. The summed E-state index contributed by atoms with van der Waals surface area (Å²) in [6, 6.07) is 2.02. The van der Waals surface area contributed by atoms with Crippen molar-refractivity contribution in [2.45, 2.75) is 50.5 Å². The van der Waals surface area contributed by atoms with Gasteiger partial charge < -0.3 is 9.64 Å². The van der Waals surface area contributed by atoms with Crippen molar-refractivity contribution < 1.29 is 9.53 Å². The van der Waals surface area contributed by atoms with Gasteiger partial charge in [-0.25, -0.2) is 0 Å². The minimum Gasteiger partial charge on any atom is -0.378 e. The molecule has 0 bridgehead atoms. The van der Waals surface area contributed by atoms with Gasteiger partial charge in [-0.1, -0.05) is 0 Å². The first kappa shape index (κ1) is 13.6. The predicted octanol–water partition coefficient (Wildman–Crippen LogP) is 2.07. The number of aromatic amines is 1. The number of rotatable bonds is 4. The predicted molar refractivity (Wildman–Crippen MR) is 75.4 cm³/mol. The van der Waals surface area contributed by atoms with E-state index >= 15 is 0 Å². The summed E-state index contributed by atoms with van der Waals surface area (Å²) in [7, 11) is 0. The average Bonchev–Trinajstić information content (AvgIpc) is 3.18. The van der Waals surface area contributed by atoms with Gasteiger partial charge in [0.2, 0.25) is 5.91 Å². The topological polar surface area (TPSA) is 58.2 Å². The summed E-state index contributed by atoms with van der Waals surface area (Å²) in [5, 5.41) is 7.05. The molecule has 2 aliphatic heterocycles. The van der Waals surface area contributed by atoms with Crippen LogP contribution in [0.2, 0.25) is 0 Å². The number of H-pyrrole nitrogens is 1. The fourth-order valence-electron chi connectivity index (χ4n) is 3.27. The normalized spacial score (nSPS) is 26.9. The maximum Gasteiger partial charge on any atom is 0.222 e. The van der Waals surface area contributed by atoms with Crippen molar-refractivity contribution in [2.75, 3.05) is 19.7 Å². The first-order valence-electron chi connectivity index (χ1n) is 7.71. The first-order valence-corrected chi connectivity index (χ1v) is 7.71.